The SMILES string of the molecule is CN(C)CCN(Cc1ccccc1)c1ccccn1.c1ccc2c(c1)Nc1ccccc1S2. The Hall–Kier alpha value is -3.28. The smallest absolute Gasteiger partial charge is 0.128 e. The molecule has 3 aromatic carbocycles. The molecule has 5 rings (SSSR count). The number of anilines is 3. The third kappa shape index (κ3) is 6.60. The van der Waals surface area contributed by atoms with Crippen molar-refractivity contribution >= 4 is 29.0 Å². The maximum atomic E-state index is 4.46. The van der Waals surface area contributed by atoms with Gasteiger partial charge in [0.15, 0.2) is 0 Å². The van der Waals surface area contributed by atoms with Crippen molar-refractivity contribution in [3.63, 3.8) is 0 Å². The van der Waals surface area contributed by atoms with E-state index in [4.69, 9.17) is 0 Å². The highest BCUT2D eigenvalue weighted by atomic mass is 32.2. The molecular weight excluding hydrogens is 424 g/mol. The van der Waals surface area contributed by atoms with Crippen LogP contribution < -0.4 is 10.2 Å². The summed E-state index contributed by atoms with van der Waals surface area (Å²) in [6.07, 6.45) is 1.85. The number of likely N-dealkylation sites (N-methyl/N-ethyl adjacent to an activating group) is 1. The summed E-state index contributed by atoms with van der Waals surface area (Å²) in [5, 5.41) is 3.42. The zero-order chi connectivity index (χ0) is 22.9. The summed E-state index contributed by atoms with van der Waals surface area (Å²) in [4.78, 5) is 11.6. The van der Waals surface area contributed by atoms with E-state index in [1.54, 1.807) is 0 Å². The molecule has 0 saturated heterocycles. The van der Waals surface area contributed by atoms with E-state index < -0.39 is 0 Å². The first-order valence-electron chi connectivity index (χ1n) is 11.2. The molecule has 0 radical (unpaired) electrons. The summed E-state index contributed by atoms with van der Waals surface area (Å²) < 4.78 is 0. The number of benzene rings is 3. The van der Waals surface area contributed by atoms with Crippen molar-refractivity contribution in [1.82, 2.24) is 9.88 Å². The van der Waals surface area contributed by atoms with Crippen molar-refractivity contribution in [2.24, 2.45) is 0 Å². The molecule has 1 aliphatic heterocycles. The lowest BCUT2D eigenvalue weighted by Gasteiger charge is -2.25. The lowest BCUT2D eigenvalue weighted by molar-refractivity contribution is 0.412. The van der Waals surface area contributed by atoms with Gasteiger partial charge in [0.25, 0.3) is 0 Å². The largest absolute Gasteiger partial charge is 0.354 e. The Morgan fingerprint density at radius 3 is 1.91 bits per heavy atom. The Morgan fingerprint density at radius 2 is 1.30 bits per heavy atom. The van der Waals surface area contributed by atoms with Crippen molar-refractivity contribution in [3.05, 3.63) is 109 Å². The maximum absolute atomic E-state index is 4.46. The highest BCUT2D eigenvalue weighted by Gasteiger charge is 2.13. The standard InChI is InChI=1S/C16H21N3.C12H9NS/c1-18(2)12-13-19(16-10-6-7-11-17-16)14-15-8-4-3-5-9-15;1-3-7-11-9(5-1)13-10-6-2-4-8-12(10)14-11/h3-11H,12-14H2,1-2H3;1-8,13H. The highest BCUT2D eigenvalue weighted by molar-refractivity contribution is 7.99. The fourth-order valence-corrected chi connectivity index (χ4v) is 4.51. The Labute approximate surface area is 201 Å². The molecule has 4 aromatic rings. The normalized spacial score (nSPS) is 11.5. The van der Waals surface area contributed by atoms with E-state index in [1.165, 1.54) is 26.7 Å². The molecule has 0 fully saturated rings. The number of hydrogen-bond donors (Lipinski definition) is 1. The van der Waals surface area contributed by atoms with E-state index in [0.717, 1.165) is 25.5 Å². The predicted molar refractivity (Wildman–Crippen MR) is 141 cm³/mol. The van der Waals surface area contributed by atoms with Crippen LogP contribution in [-0.4, -0.2) is 37.1 Å². The van der Waals surface area contributed by atoms with Gasteiger partial charge in [-0.1, -0.05) is 72.4 Å². The van der Waals surface area contributed by atoms with Crippen LogP contribution in [0.3, 0.4) is 0 Å². The number of para-hydroxylation sites is 2. The van der Waals surface area contributed by atoms with Crippen LogP contribution in [-0.2, 0) is 6.54 Å². The second-order valence-corrected chi connectivity index (χ2v) is 9.20. The van der Waals surface area contributed by atoms with Crippen LogP contribution in [0, 0.1) is 0 Å². The molecule has 2 heterocycles. The van der Waals surface area contributed by atoms with E-state index in [-0.39, 0.29) is 0 Å². The number of nitrogens with zero attached hydrogens (tertiary/aromatic N) is 3. The molecule has 1 aliphatic rings. The third-order valence-electron chi connectivity index (χ3n) is 5.27. The molecule has 0 atom stereocenters. The number of rotatable bonds is 6. The van der Waals surface area contributed by atoms with Crippen molar-refractivity contribution < 1.29 is 0 Å². The number of hydrogen-bond acceptors (Lipinski definition) is 5. The molecule has 5 heteroatoms. The minimum absolute atomic E-state index is 0.895. The Kier molecular flexibility index (Phi) is 8.01. The molecule has 0 aliphatic carbocycles. The van der Waals surface area contributed by atoms with Gasteiger partial charge < -0.3 is 15.1 Å². The van der Waals surface area contributed by atoms with Gasteiger partial charge in [0, 0.05) is 35.6 Å². The molecule has 168 valence electrons. The first-order chi connectivity index (χ1) is 16.2. The van der Waals surface area contributed by atoms with Gasteiger partial charge in [0.2, 0.25) is 0 Å². The molecule has 4 nitrogen and oxygen atoms in total. The van der Waals surface area contributed by atoms with Gasteiger partial charge in [0.05, 0.1) is 11.4 Å². The average Bonchev–Trinajstić information content (AvgIpc) is 2.86. The quantitative estimate of drug-likeness (QED) is 0.315. The minimum atomic E-state index is 0.895. The summed E-state index contributed by atoms with van der Waals surface area (Å²) in [6, 6.07) is 33.3. The van der Waals surface area contributed by atoms with E-state index >= 15 is 0 Å². The first kappa shape index (κ1) is 22.9. The van der Waals surface area contributed by atoms with Gasteiger partial charge in [-0.2, -0.15) is 0 Å². The Bertz CT molecular complexity index is 1050. The summed E-state index contributed by atoms with van der Waals surface area (Å²) >= 11 is 1.82. The monoisotopic (exact) mass is 454 g/mol. The van der Waals surface area contributed by atoms with Crippen molar-refractivity contribution in [3.8, 4) is 0 Å². The summed E-state index contributed by atoms with van der Waals surface area (Å²) in [5.41, 5.74) is 3.72. The van der Waals surface area contributed by atoms with Crippen LogP contribution in [0.5, 0.6) is 0 Å². The van der Waals surface area contributed by atoms with E-state index in [1.807, 2.05) is 30.1 Å². The molecule has 0 unspecified atom stereocenters. The van der Waals surface area contributed by atoms with E-state index in [2.05, 4.69) is 119 Å². The highest BCUT2D eigenvalue weighted by Crippen LogP contribution is 2.43. The van der Waals surface area contributed by atoms with Gasteiger partial charge in [-0.05, 0) is 56.1 Å². The van der Waals surface area contributed by atoms with Crippen molar-refractivity contribution in [2.45, 2.75) is 16.3 Å². The predicted octanol–water partition coefficient (Wildman–Crippen LogP) is 6.54. The summed E-state index contributed by atoms with van der Waals surface area (Å²) in [6.45, 7) is 2.88. The molecule has 0 amide bonds. The van der Waals surface area contributed by atoms with Crippen LogP contribution in [0.15, 0.2) is 113 Å². The lowest BCUT2D eigenvalue weighted by Crippen LogP contribution is -2.31. The maximum Gasteiger partial charge on any atom is 0.128 e. The zero-order valence-electron chi connectivity index (χ0n) is 19.2. The summed E-state index contributed by atoms with van der Waals surface area (Å²) in [5.74, 6) is 1.04. The third-order valence-corrected chi connectivity index (χ3v) is 6.42. The summed E-state index contributed by atoms with van der Waals surface area (Å²) in [7, 11) is 4.19. The molecule has 1 aromatic heterocycles. The fourth-order valence-electron chi connectivity index (χ4n) is 3.52. The van der Waals surface area contributed by atoms with Crippen LogP contribution >= 0.6 is 11.8 Å². The first-order valence-corrected chi connectivity index (χ1v) is 12.0. The Balaban J connectivity index is 0.000000163. The van der Waals surface area contributed by atoms with Gasteiger partial charge in [0.1, 0.15) is 5.82 Å². The van der Waals surface area contributed by atoms with Crippen molar-refractivity contribution in [2.75, 3.05) is 37.4 Å². The van der Waals surface area contributed by atoms with Gasteiger partial charge >= 0.3 is 0 Å². The molecule has 0 bridgehead atoms. The number of fused-ring (bicyclic) bond motifs is 2. The molecule has 0 saturated carbocycles. The number of pyridine rings is 1. The van der Waals surface area contributed by atoms with Crippen LogP contribution in [0.2, 0.25) is 0 Å². The van der Waals surface area contributed by atoms with Crippen LogP contribution in [0.25, 0.3) is 0 Å². The van der Waals surface area contributed by atoms with Gasteiger partial charge in [-0.3, -0.25) is 0 Å². The van der Waals surface area contributed by atoms with Crippen LogP contribution in [0.1, 0.15) is 5.56 Å². The number of nitrogens with one attached hydrogen (secondary N) is 1. The second-order valence-electron chi connectivity index (χ2n) is 8.12. The molecule has 1 N–H and O–H groups in total. The number of aromatic nitrogens is 1. The average molecular weight is 455 g/mol. The van der Waals surface area contributed by atoms with E-state index in [9.17, 15) is 0 Å². The Morgan fingerprint density at radius 1 is 0.697 bits per heavy atom. The molecule has 33 heavy (non-hydrogen) atoms. The van der Waals surface area contributed by atoms with Crippen molar-refractivity contribution in [1.29, 1.82) is 0 Å². The topological polar surface area (TPSA) is 31.4 Å². The van der Waals surface area contributed by atoms with E-state index in [0.29, 0.717) is 0 Å². The zero-order valence-corrected chi connectivity index (χ0v) is 20.0. The lowest BCUT2D eigenvalue weighted by atomic mass is 10.2. The molecule has 0 spiro atoms. The van der Waals surface area contributed by atoms with Gasteiger partial charge in [-0.25, -0.2) is 4.98 Å². The fraction of sp³-hybridized carbons (Fsp3) is 0.179. The molecular formula is C28H30N4S. The second kappa shape index (κ2) is 11.5. The van der Waals surface area contributed by atoms with Gasteiger partial charge in [-0.15, -0.1) is 0 Å². The van der Waals surface area contributed by atoms with Crippen LogP contribution in [0.4, 0.5) is 17.2 Å². The minimum Gasteiger partial charge on any atom is -0.354 e.